The number of nitrogens with zero attached hydrogens (tertiary/aromatic N) is 3. The molecule has 3 N–H and O–H groups in total. The van der Waals surface area contributed by atoms with Gasteiger partial charge in [-0.05, 0) is 18.8 Å². The van der Waals surface area contributed by atoms with Crippen LogP contribution in [0.25, 0.3) is 0 Å². The molecule has 0 aromatic carbocycles. The van der Waals surface area contributed by atoms with E-state index in [1.165, 1.54) is 17.3 Å². The lowest BCUT2D eigenvalue weighted by molar-refractivity contribution is -0.145. The molecule has 7 heteroatoms. The second kappa shape index (κ2) is 5.21. The van der Waals surface area contributed by atoms with E-state index in [4.69, 9.17) is 5.73 Å². The number of carbonyl (C=O) groups is 2. The van der Waals surface area contributed by atoms with Crippen molar-refractivity contribution in [3.8, 4) is 0 Å². The Morgan fingerprint density at radius 1 is 1.42 bits per heavy atom. The van der Waals surface area contributed by atoms with E-state index in [0.717, 1.165) is 12.8 Å². The number of piperidine rings is 1. The van der Waals surface area contributed by atoms with Gasteiger partial charge in [0.05, 0.1) is 0 Å². The first-order chi connectivity index (χ1) is 9.02. The molecule has 1 amide bonds. The van der Waals surface area contributed by atoms with E-state index in [-0.39, 0.29) is 17.4 Å². The summed E-state index contributed by atoms with van der Waals surface area (Å²) in [7, 11) is 0. The van der Waals surface area contributed by atoms with Crippen molar-refractivity contribution in [1.29, 1.82) is 0 Å². The van der Waals surface area contributed by atoms with Crippen LogP contribution in [0.3, 0.4) is 0 Å². The molecule has 0 aliphatic carbocycles. The normalized spacial score (nSPS) is 23.1. The SMILES string of the molecule is CC1CCCN(C(=O)c2nccnc2N)C1C(=O)O. The predicted molar refractivity (Wildman–Crippen MR) is 67.3 cm³/mol. The van der Waals surface area contributed by atoms with Crippen molar-refractivity contribution in [3.63, 3.8) is 0 Å². The van der Waals surface area contributed by atoms with E-state index in [0.29, 0.717) is 6.54 Å². The van der Waals surface area contributed by atoms with Gasteiger partial charge in [-0.15, -0.1) is 0 Å². The summed E-state index contributed by atoms with van der Waals surface area (Å²) in [5.74, 6) is -1.53. The van der Waals surface area contributed by atoms with Crippen LogP contribution in [0.4, 0.5) is 5.82 Å². The highest BCUT2D eigenvalue weighted by molar-refractivity contribution is 5.98. The number of nitrogens with two attached hydrogens (primary N) is 1. The third-order valence-corrected chi connectivity index (χ3v) is 3.38. The van der Waals surface area contributed by atoms with E-state index >= 15 is 0 Å². The molecule has 1 fully saturated rings. The maximum Gasteiger partial charge on any atom is 0.326 e. The molecule has 0 radical (unpaired) electrons. The highest BCUT2D eigenvalue weighted by Crippen LogP contribution is 2.25. The minimum Gasteiger partial charge on any atom is -0.480 e. The molecule has 1 aromatic rings. The molecule has 2 heterocycles. The molecule has 1 saturated heterocycles. The third-order valence-electron chi connectivity index (χ3n) is 3.38. The Labute approximate surface area is 110 Å². The molecule has 0 bridgehead atoms. The minimum absolute atomic E-state index is 0.0165. The van der Waals surface area contributed by atoms with Crippen LogP contribution in [0, 0.1) is 5.92 Å². The van der Waals surface area contributed by atoms with Gasteiger partial charge in [0.25, 0.3) is 5.91 Å². The van der Waals surface area contributed by atoms with E-state index in [1.807, 2.05) is 6.92 Å². The smallest absolute Gasteiger partial charge is 0.326 e. The minimum atomic E-state index is -0.997. The van der Waals surface area contributed by atoms with Gasteiger partial charge in [-0.3, -0.25) is 4.79 Å². The largest absolute Gasteiger partial charge is 0.480 e. The number of amides is 1. The van der Waals surface area contributed by atoms with Crippen molar-refractivity contribution in [2.24, 2.45) is 5.92 Å². The number of carbonyl (C=O) groups excluding carboxylic acids is 1. The van der Waals surface area contributed by atoms with Gasteiger partial charge in [0.2, 0.25) is 0 Å². The molecule has 102 valence electrons. The molecule has 1 aromatic heterocycles. The van der Waals surface area contributed by atoms with Gasteiger partial charge >= 0.3 is 5.97 Å². The number of nitrogen functional groups attached to an aromatic ring is 1. The van der Waals surface area contributed by atoms with Crippen molar-refractivity contribution in [2.75, 3.05) is 12.3 Å². The molecule has 1 aliphatic rings. The summed E-state index contributed by atoms with van der Waals surface area (Å²) in [4.78, 5) is 32.7. The van der Waals surface area contributed by atoms with Crippen LogP contribution < -0.4 is 5.73 Å². The van der Waals surface area contributed by atoms with Gasteiger partial charge < -0.3 is 15.7 Å². The number of anilines is 1. The van der Waals surface area contributed by atoms with E-state index in [1.54, 1.807) is 0 Å². The number of carboxylic acid groups (broad SMARTS) is 1. The fraction of sp³-hybridized carbons (Fsp3) is 0.500. The maximum absolute atomic E-state index is 12.4. The number of aliphatic carboxylic acids is 1. The van der Waals surface area contributed by atoms with Crippen molar-refractivity contribution in [2.45, 2.75) is 25.8 Å². The van der Waals surface area contributed by atoms with Gasteiger partial charge in [0, 0.05) is 18.9 Å². The third kappa shape index (κ3) is 2.49. The number of rotatable bonds is 2. The predicted octanol–water partition coefficient (Wildman–Crippen LogP) is 0.384. The zero-order chi connectivity index (χ0) is 14.0. The molecule has 0 saturated carbocycles. The number of likely N-dealkylation sites (tertiary alicyclic amines) is 1. The lowest BCUT2D eigenvalue weighted by Crippen LogP contribution is -2.52. The Kier molecular flexibility index (Phi) is 3.64. The number of carboxylic acids is 1. The van der Waals surface area contributed by atoms with Gasteiger partial charge in [0.1, 0.15) is 6.04 Å². The Bertz CT molecular complexity index is 506. The van der Waals surface area contributed by atoms with Crippen LogP contribution in [0.1, 0.15) is 30.3 Å². The topological polar surface area (TPSA) is 109 Å². The fourth-order valence-corrected chi connectivity index (χ4v) is 2.44. The lowest BCUT2D eigenvalue weighted by atomic mass is 9.90. The quantitative estimate of drug-likeness (QED) is 0.799. The summed E-state index contributed by atoms with van der Waals surface area (Å²) in [5, 5.41) is 9.28. The number of aromatic nitrogens is 2. The second-order valence-electron chi connectivity index (χ2n) is 4.69. The average Bonchev–Trinajstić information content (AvgIpc) is 2.37. The highest BCUT2D eigenvalue weighted by Gasteiger charge is 2.38. The van der Waals surface area contributed by atoms with Crippen LogP contribution in [-0.2, 0) is 4.79 Å². The van der Waals surface area contributed by atoms with Crippen LogP contribution in [0.2, 0.25) is 0 Å². The summed E-state index contributed by atoms with van der Waals surface area (Å²) in [6, 6.07) is -0.831. The molecular weight excluding hydrogens is 248 g/mol. The number of hydrogen-bond donors (Lipinski definition) is 2. The van der Waals surface area contributed by atoms with E-state index in [2.05, 4.69) is 9.97 Å². The van der Waals surface area contributed by atoms with Crippen molar-refractivity contribution < 1.29 is 14.7 Å². The highest BCUT2D eigenvalue weighted by atomic mass is 16.4. The second-order valence-corrected chi connectivity index (χ2v) is 4.69. The van der Waals surface area contributed by atoms with Crippen LogP contribution in [0.5, 0.6) is 0 Å². The summed E-state index contributed by atoms with van der Waals surface area (Å²) in [6.45, 7) is 2.23. The molecule has 19 heavy (non-hydrogen) atoms. The molecule has 2 atom stereocenters. The first-order valence-corrected chi connectivity index (χ1v) is 6.12. The van der Waals surface area contributed by atoms with Crippen LogP contribution >= 0.6 is 0 Å². The first-order valence-electron chi connectivity index (χ1n) is 6.12. The Balaban J connectivity index is 2.31. The Morgan fingerprint density at radius 3 is 2.74 bits per heavy atom. The monoisotopic (exact) mass is 264 g/mol. The maximum atomic E-state index is 12.4. The standard InChI is InChI=1S/C12H16N4O3/c1-7-3-2-6-16(9(7)12(18)19)11(17)8-10(13)15-5-4-14-8/h4-5,7,9H,2-3,6H2,1H3,(H2,13,15)(H,18,19). The average molecular weight is 264 g/mol. The Morgan fingerprint density at radius 2 is 2.11 bits per heavy atom. The molecule has 2 unspecified atom stereocenters. The zero-order valence-corrected chi connectivity index (χ0v) is 10.6. The Hall–Kier alpha value is -2.18. The van der Waals surface area contributed by atoms with Gasteiger partial charge in [-0.1, -0.05) is 6.92 Å². The fourth-order valence-electron chi connectivity index (χ4n) is 2.44. The first kappa shape index (κ1) is 13.3. The molecule has 2 rings (SSSR count). The summed E-state index contributed by atoms with van der Waals surface area (Å²) >= 11 is 0. The molecular formula is C12H16N4O3. The van der Waals surface area contributed by atoms with Crippen LogP contribution in [-0.4, -0.2) is 44.4 Å². The van der Waals surface area contributed by atoms with Gasteiger partial charge in [0.15, 0.2) is 11.5 Å². The van der Waals surface area contributed by atoms with Gasteiger partial charge in [-0.25, -0.2) is 14.8 Å². The van der Waals surface area contributed by atoms with Crippen molar-refractivity contribution in [1.82, 2.24) is 14.9 Å². The number of hydrogen-bond acceptors (Lipinski definition) is 5. The molecule has 0 spiro atoms. The summed E-state index contributed by atoms with van der Waals surface area (Å²) in [5.41, 5.74) is 5.63. The molecule has 7 nitrogen and oxygen atoms in total. The van der Waals surface area contributed by atoms with E-state index < -0.39 is 17.9 Å². The van der Waals surface area contributed by atoms with Gasteiger partial charge in [-0.2, -0.15) is 0 Å². The summed E-state index contributed by atoms with van der Waals surface area (Å²) < 4.78 is 0. The van der Waals surface area contributed by atoms with Crippen molar-refractivity contribution in [3.05, 3.63) is 18.1 Å². The lowest BCUT2D eigenvalue weighted by Gasteiger charge is -2.37. The van der Waals surface area contributed by atoms with Crippen molar-refractivity contribution >= 4 is 17.7 Å². The zero-order valence-electron chi connectivity index (χ0n) is 10.6. The summed E-state index contributed by atoms with van der Waals surface area (Å²) in [6.07, 6.45) is 4.32. The van der Waals surface area contributed by atoms with E-state index in [9.17, 15) is 14.7 Å². The van der Waals surface area contributed by atoms with Crippen LogP contribution in [0.15, 0.2) is 12.4 Å². The molecule has 1 aliphatic heterocycles.